The van der Waals surface area contributed by atoms with Crippen molar-refractivity contribution in [2.75, 3.05) is 5.32 Å². The molecule has 1 aromatic rings. The maximum Gasteiger partial charge on any atom is 0.471 e. The molecule has 0 aliphatic heterocycles. The molecule has 1 rings (SSSR count). The molecule has 0 fully saturated rings. The summed E-state index contributed by atoms with van der Waals surface area (Å²) in [6.07, 6.45) is -2.48. The van der Waals surface area contributed by atoms with E-state index >= 15 is 0 Å². The van der Waals surface area contributed by atoms with Gasteiger partial charge in [0.1, 0.15) is 0 Å². The number of amides is 1. The molecule has 0 aliphatic rings. The van der Waals surface area contributed by atoms with Gasteiger partial charge in [0.2, 0.25) is 5.95 Å². The van der Waals surface area contributed by atoms with Crippen LogP contribution >= 0.6 is 0 Å². The number of nitrogens with zero attached hydrogens (tertiary/aromatic N) is 2. The zero-order valence-corrected chi connectivity index (χ0v) is 6.17. The van der Waals surface area contributed by atoms with Gasteiger partial charge in [0.15, 0.2) is 0 Å². The van der Waals surface area contributed by atoms with Crippen molar-refractivity contribution >= 4 is 11.9 Å². The monoisotopic (exact) mass is 191 g/mol. The second kappa shape index (κ2) is 3.38. The molecule has 1 N–H and O–H groups in total. The van der Waals surface area contributed by atoms with Crippen LogP contribution in [0.15, 0.2) is 18.5 Å². The highest BCUT2D eigenvalue weighted by molar-refractivity contribution is 5.93. The van der Waals surface area contributed by atoms with Crippen molar-refractivity contribution < 1.29 is 18.0 Å². The Morgan fingerprint density at radius 1 is 1.31 bits per heavy atom. The van der Waals surface area contributed by atoms with Crippen LogP contribution in [0.5, 0.6) is 0 Å². The van der Waals surface area contributed by atoms with E-state index in [0.29, 0.717) is 0 Å². The first kappa shape index (κ1) is 9.43. The number of anilines is 1. The van der Waals surface area contributed by atoms with Gasteiger partial charge in [-0.3, -0.25) is 10.1 Å². The summed E-state index contributed by atoms with van der Waals surface area (Å²) in [7, 11) is 0. The van der Waals surface area contributed by atoms with Gasteiger partial charge in [-0.2, -0.15) is 13.2 Å². The van der Waals surface area contributed by atoms with Gasteiger partial charge in [-0.05, 0) is 6.07 Å². The van der Waals surface area contributed by atoms with Gasteiger partial charge in [-0.1, -0.05) is 0 Å². The molecule has 0 saturated carbocycles. The molecule has 1 amide bonds. The zero-order chi connectivity index (χ0) is 9.90. The molecule has 70 valence electrons. The van der Waals surface area contributed by atoms with Gasteiger partial charge < -0.3 is 0 Å². The van der Waals surface area contributed by atoms with Crippen molar-refractivity contribution in [3.8, 4) is 0 Å². The van der Waals surface area contributed by atoms with Gasteiger partial charge in [0, 0.05) is 12.4 Å². The number of carbonyl (C=O) groups is 1. The lowest BCUT2D eigenvalue weighted by Crippen LogP contribution is -2.30. The van der Waals surface area contributed by atoms with E-state index in [2.05, 4.69) is 9.97 Å². The molecule has 4 nitrogen and oxygen atoms in total. The molecule has 7 heteroatoms. The maximum absolute atomic E-state index is 11.7. The number of halogens is 3. The number of carbonyl (C=O) groups excluding carboxylic acids is 1. The fourth-order valence-electron chi connectivity index (χ4n) is 0.536. The molecule has 1 heterocycles. The summed E-state index contributed by atoms with van der Waals surface area (Å²) in [6, 6.07) is 1.42. The van der Waals surface area contributed by atoms with Crippen LogP contribution in [0.3, 0.4) is 0 Å². The Morgan fingerprint density at radius 2 is 1.85 bits per heavy atom. The Balaban J connectivity index is 2.66. The molecule has 0 bridgehead atoms. The summed E-state index contributed by atoms with van der Waals surface area (Å²) < 4.78 is 35.0. The molecular formula is C6H4F3N3O. The van der Waals surface area contributed by atoms with Gasteiger partial charge >= 0.3 is 12.1 Å². The fraction of sp³-hybridized carbons (Fsp3) is 0.167. The van der Waals surface area contributed by atoms with Crippen LogP contribution in [0.1, 0.15) is 0 Å². The second-order valence-corrected chi connectivity index (χ2v) is 2.02. The fourth-order valence-corrected chi connectivity index (χ4v) is 0.536. The highest BCUT2D eigenvalue weighted by atomic mass is 19.4. The molecule has 0 radical (unpaired) electrons. The van der Waals surface area contributed by atoms with Crippen LogP contribution in [0.2, 0.25) is 0 Å². The Labute approximate surface area is 70.8 Å². The molecule has 0 aliphatic carbocycles. The molecule has 0 atom stereocenters. The third-order valence-corrected chi connectivity index (χ3v) is 1.05. The standard InChI is InChI=1S/C6H4F3N3O/c7-6(8,9)4(13)12-5-10-2-1-3-11-5/h1-3H,(H,10,11,12,13). The van der Waals surface area contributed by atoms with Crippen LogP contribution in [0.25, 0.3) is 0 Å². The molecular weight excluding hydrogens is 187 g/mol. The highest BCUT2D eigenvalue weighted by Gasteiger charge is 2.39. The summed E-state index contributed by atoms with van der Waals surface area (Å²) in [5.74, 6) is -2.46. The van der Waals surface area contributed by atoms with Gasteiger partial charge in [0.25, 0.3) is 0 Å². The summed E-state index contributed by atoms with van der Waals surface area (Å²) in [6.45, 7) is 0. The maximum atomic E-state index is 11.7. The van der Waals surface area contributed by atoms with E-state index in [1.54, 1.807) is 0 Å². The Morgan fingerprint density at radius 3 is 2.31 bits per heavy atom. The normalized spacial score (nSPS) is 11.0. The van der Waals surface area contributed by atoms with Crippen LogP contribution in [0, 0.1) is 0 Å². The lowest BCUT2D eigenvalue weighted by Gasteiger charge is -2.04. The van der Waals surface area contributed by atoms with Crippen molar-refractivity contribution in [2.45, 2.75) is 6.18 Å². The summed E-state index contributed by atoms with van der Waals surface area (Å²) >= 11 is 0. The van der Waals surface area contributed by atoms with E-state index in [9.17, 15) is 18.0 Å². The predicted molar refractivity (Wildman–Crippen MR) is 36.7 cm³/mol. The van der Waals surface area contributed by atoms with Crippen LogP contribution in [-0.4, -0.2) is 22.1 Å². The molecule has 0 unspecified atom stereocenters. The molecule has 0 spiro atoms. The summed E-state index contributed by atoms with van der Waals surface area (Å²) in [5, 5.41) is 1.50. The summed E-state index contributed by atoms with van der Waals surface area (Å²) in [4.78, 5) is 17.1. The van der Waals surface area contributed by atoms with Crippen molar-refractivity contribution in [3.05, 3.63) is 18.5 Å². The predicted octanol–water partition coefficient (Wildman–Crippen LogP) is 0.977. The smallest absolute Gasteiger partial charge is 0.287 e. The molecule has 1 aromatic heterocycles. The number of nitrogens with one attached hydrogen (secondary N) is 1. The van der Waals surface area contributed by atoms with E-state index in [1.165, 1.54) is 23.8 Å². The third kappa shape index (κ3) is 2.69. The van der Waals surface area contributed by atoms with Crippen LogP contribution in [0.4, 0.5) is 19.1 Å². The number of rotatable bonds is 1. The van der Waals surface area contributed by atoms with Gasteiger partial charge in [-0.15, -0.1) is 0 Å². The van der Waals surface area contributed by atoms with Gasteiger partial charge in [-0.25, -0.2) is 9.97 Å². The van der Waals surface area contributed by atoms with Crippen molar-refractivity contribution in [1.82, 2.24) is 9.97 Å². The van der Waals surface area contributed by atoms with Crippen LogP contribution in [-0.2, 0) is 4.79 Å². The Hall–Kier alpha value is -1.66. The number of alkyl halides is 3. The molecule has 0 aromatic carbocycles. The first-order chi connectivity index (χ1) is 6.00. The largest absolute Gasteiger partial charge is 0.471 e. The van der Waals surface area contributed by atoms with Gasteiger partial charge in [0.05, 0.1) is 0 Å². The van der Waals surface area contributed by atoms with E-state index in [4.69, 9.17) is 0 Å². The van der Waals surface area contributed by atoms with Crippen molar-refractivity contribution in [3.63, 3.8) is 0 Å². The highest BCUT2D eigenvalue weighted by Crippen LogP contribution is 2.15. The quantitative estimate of drug-likeness (QED) is 0.719. The first-order valence-electron chi connectivity index (χ1n) is 3.15. The zero-order valence-electron chi connectivity index (χ0n) is 6.17. The first-order valence-corrected chi connectivity index (χ1v) is 3.15. The lowest BCUT2D eigenvalue weighted by molar-refractivity contribution is -0.167. The van der Waals surface area contributed by atoms with Crippen molar-refractivity contribution in [1.29, 1.82) is 0 Å². The van der Waals surface area contributed by atoms with E-state index in [0.717, 1.165) is 0 Å². The van der Waals surface area contributed by atoms with Crippen molar-refractivity contribution in [2.24, 2.45) is 0 Å². The van der Waals surface area contributed by atoms with Crippen LogP contribution < -0.4 is 5.32 Å². The SMILES string of the molecule is O=C(Nc1ncccn1)C(F)(F)F. The molecule has 0 saturated heterocycles. The average Bonchev–Trinajstić information content (AvgIpc) is 2.04. The topological polar surface area (TPSA) is 54.9 Å². The Kier molecular flexibility index (Phi) is 2.45. The van der Waals surface area contributed by atoms with E-state index in [1.807, 2.05) is 0 Å². The van der Waals surface area contributed by atoms with E-state index < -0.39 is 12.1 Å². The minimum absolute atomic E-state index is 0.371. The molecule has 13 heavy (non-hydrogen) atoms. The van der Waals surface area contributed by atoms with E-state index in [-0.39, 0.29) is 5.95 Å². The average molecular weight is 191 g/mol. The number of hydrogen-bond donors (Lipinski definition) is 1. The summed E-state index contributed by atoms with van der Waals surface area (Å²) in [5.41, 5.74) is 0. The lowest BCUT2D eigenvalue weighted by atomic mass is 10.6. The minimum Gasteiger partial charge on any atom is -0.287 e. The number of hydrogen-bond acceptors (Lipinski definition) is 3. The number of aromatic nitrogens is 2. The minimum atomic E-state index is -4.92. The third-order valence-electron chi connectivity index (χ3n) is 1.05. The second-order valence-electron chi connectivity index (χ2n) is 2.02. The Bertz CT molecular complexity index is 298.